The number of pyridine rings is 2. The molecular formula is C14H13ClN2O. The summed E-state index contributed by atoms with van der Waals surface area (Å²) >= 11 is 6.08. The summed E-state index contributed by atoms with van der Waals surface area (Å²) < 4.78 is 0. The SMILES string of the molecule is OC(c1ccncc1Cl)C1CCc2cccnc21. The molecule has 2 atom stereocenters. The van der Waals surface area contributed by atoms with E-state index >= 15 is 0 Å². The van der Waals surface area contributed by atoms with E-state index in [4.69, 9.17) is 11.6 Å². The van der Waals surface area contributed by atoms with Crippen LogP contribution in [0.15, 0.2) is 36.8 Å². The Bertz CT molecular complexity index is 573. The van der Waals surface area contributed by atoms with E-state index in [1.54, 1.807) is 24.7 Å². The van der Waals surface area contributed by atoms with E-state index in [1.807, 2.05) is 6.07 Å². The van der Waals surface area contributed by atoms with Crippen LogP contribution >= 0.6 is 11.6 Å². The highest BCUT2D eigenvalue weighted by atomic mass is 35.5. The maximum absolute atomic E-state index is 10.5. The van der Waals surface area contributed by atoms with Gasteiger partial charge in [-0.05, 0) is 30.5 Å². The molecule has 4 heteroatoms. The highest BCUT2D eigenvalue weighted by molar-refractivity contribution is 6.31. The highest BCUT2D eigenvalue weighted by Gasteiger charge is 2.31. The van der Waals surface area contributed by atoms with Crippen LogP contribution in [0.5, 0.6) is 0 Å². The Hall–Kier alpha value is -1.45. The molecule has 0 bridgehead atoms. The minimum atomic E-state index is -0.614. The van der Waals surface area contributed by atoms with Crippen molar-refractivity contribution in [1.82, 2.24) is 9.97 Å². The summed E-state index contributed by atoms with van der Waals surface area (Å²) in [5.41, 5.74) is 2.96. The first-order chi connectivity index (χ1) is 8.77. The number of halogens is 1. The van der Waals surface area contributed by atoms with E-state index in [1.165, 1.54) is 5.56 Å². The second kappa shape index (κ2) is 4.67. The Labute approximate surface area is 110 Å². The van der Waals surface area contributed by atoms with Gasteiger partial charge in [0.2, 0.25) is 0 Å². The molecule has 1 aliphatic rings. The van der Waals surface area contributed by atoms with E-state index in [2.05, 4.69) is 16.0 Å². The second-order valence-corrected chi connectivity index (χ2v) is 4.94. The van der Waals surface area contributed by atoms with Crippen LogP contribution in [0.1, 0.15) is 35.3 Å². The minimum absolute atomic E-state index is 0.0288. The Balaban J connectivity index is 1.96. The lowest BCUT2D eigenvalue weighted by Crippen LogP contribution is -2.10. The molecule has 0 spiro atoms. The lowest BCUT2D eigenvalue weighted by molar-refractivity contribution is 0.143. The largest absolute Gasteiger partial charge is 0.388 e. The molecule has 3 rings (SSSR count). The monoisotopic (exact) mass is 260 g/mol. The summed E-state index contributed by atoms with van der Waals surface area (Å²) in [6, 6.07) is 5.78. The molecule has 18 heavy (non-hydrogen) atoms. The fourth-order valence-corrected chi connectivity index (χ4v) is 2.82. The van der Waals surface area contributed by atoms with Crippen molar-refractivity contribution >= 4 is 11.6 Å². The molecule has 0 fully saturated rings. The van der Waals surface area contributed by atoms with Crippen LogP contribution in [0.3, 0.4) is 0 Å². The summed E-state index contributed by atoms with van der Waals surface area (Å²) in [6.45, 7) is 0. The van der Waals surface area contributed by atoms with Crippen LogP contribution in [0.2, 0.25) is 5.02 Å². The fraction of sp³-hybridized carbons (Fsp3) is 0.286. The zero-order valence-electron chi connectivity index (χ0n) is 9.75. The number of aliphatic hydroxyl groups excluding tert-OH is 1. The number of aryl methyl sites for hydroxylation is 1. The van der Waals surface area contributed by atoms with Gasteiger partial charge in [0.15, 0.2) is 0 Å². The summed E-state index contributed by atoms with van der Waals surface area (Å²) in [4.78, 5) is 8.34. The van der Waals surface area contributed by atoms with Gasteiger partial charge in [-0.3, -0.25) is 9.97 Å². The normalized spacial score (nSPS) is 19.6. The van der Waals surface area contributed by atoms with Crippen molar-refractivity contribution in [3.05, 3.63) is 58.6 Å². The number of rotatable bonds is 2. The van der Waals surface area contributed by atoms with Crippen molar-refractivity contribution < 1.29 is 5.11 Å². The Morgan fingerprint density at radius 2 is 2.22 bits per heavy atom. The first-order valence-corrected chi connectivity index (χ1v) is 6.36. The van der Waals surface area contributed by atoms with Gasteiger partial charge in [-0.25, -0.2) is 0 Å². The zero-order chi connectivity index (χ0) is 12.5. The molecule has 0 aliphatic heterocycles. The first kappa shape index (κ1) is 11.6. The lowest BCUT2D eigenvalue weighted by Gasteiger charge is -2.19. The molecule has 0 amide bonds. The summed E-state index contributed by atoms with van der Waals surface area (Å²) in [5.74, 6) is 0.0288. The molecule has 0 saturated carbocycles. The number of aromatic nitrogens is 2. The van der Waals surface area contributed by atoms with Crippen molar-refractivity contribution in [2.24, 2.45) is 0 Å². The van der Waals surface area contributed by atoms with Crippen molar-refractivity contribution in [2.45, 2.75) is 24.9 Å². The maximum atomic E-state index is 10.5. The maximum Gasteiger partial charge on any atom is 0.0889 e. The van der Waals surface area contributed by atoms with Gasteiger partial charge in [-0.2, -0.15) is 0 Å². The number of hydrogen-bond donors (Lipinski definition) is 1. The van der Waals surface area contributed by atoms with E-state index in [-0.39, 0.29) is 5.92 Å². The number of aliphatic hydroxyl groups is 1. The molecule has 1 aliphatic carbocycles. The molecule has 2 aromatic heterocycles. The van der Waals surface area contributed by atoms with E-state index in [0.29, 0.717) is 5.02 Å². The van der Waals surface area contributed by atoms with Gasteiger partial charge in [0.05, 0.1) is 11.1 Å². The van der Waals surface area contributed by atoms with Crippen LogP contribution in [0.25, 0.3) is 0 Å². The number of nitrogens with zero attached hydrogens (tertiary/aromatic N) is 2. The molecule has 92 valence electrons. The average molecular weight is 261 g/mol. The highest BCUT2D eigenvalue weighted by Crippen LogP contribution is 2.41. The van der Waals surface area contributed by atoms with Crippen molar-refractivity contribution in [3.8, 4) is 0 Å². The molecular weight excluding hydrogens is 248 g/mol. The topological polar surface area (TPSA) is 46.0 Å². The third kappa shape index (κ3) is 1.89. The van der Waals surface area contributed by atoms with Gasteiger partial charge >= 0.3 is 0 Å². The molecule has 3 nitrogen and oxygen atoms in total. The smallest absolute Gasteiger partial charge is 0.0889 e. The van der Waals surface area contributed by atoms with Crippen molar-refractivity contribution in [2.75, 3.05) is 0 Å². The third-order valence-corrected chi connectivity index (χ3v) is 3.82. The summed E-state index contributed by atoms with van der Waals surface area (Å²) in [7, 11) is 0. The van der Waals surface area contributed by atoms with E-state index < -0.39 is 6.10 Å². The van der Waals surface area contributed by atoms with Gasteiger partial charge in [0.25, 0.3) is 0 Å². The Morgan fingerprint density at radius 3 is 3.06 bits per heavy atom. The Kier molecular flexibility index (Phi) is 3.02. The Morgan fingerprint density at radius 1 is 1.33 bits per heavy atom. The van der Waals surface area contributed by atoms with Gasteiger partial charge < -0.3 is 5.11 Å². The molecule has 2 unspecified atom stereocenters. The van der Waals surface area contributed by atoms with Crippen molar-refractivity contribution in [3.63, 3.8) is 0 Å². The predicted molar refractivity (Wildman–Crippen MR) is 69.5 cm³/mol. The quantitative estimate of drug-likeness (QED) is 0.903. The van der Waals surface area contributed by atoms with Crippen LogP contribution in [-0.2, 0) is 6.42 Å². The standard InChI is InChI=1S/C14H13ClN2O/c15-12-8-16-7-5-10(12)14(18)11-4-3-9-2-1-6-17-13(9)11/h1-2,5-8,11,14,18H,3-4H2. The van der Waals surface area contributed by atoms with Crippen LogP contribution < -0.4 is 0 Å². The van der Waals surface area contributed by atoms with E-state index in [9.17, 15) is 5.11 Å². The molecule has 0 aromatic carbocycles. The van der Waals surface area contributed by atoms with Gasteiger partial charge in [-0.15, -0.1) is 0 Å². The third-order valence-electron chi connectivity index (χ3n) is 3.51. The van der Waals surface area contributed by atoms with E-state index in [0.717, 1.165) is 24.1 Å². The van der Waals surface area contributed by atoms with Crippen LogP contribution in [0, 0.1) is 0 Å². The van der Waals surface area contributed by atoms with Crippen LogP contribution in [-0.4, -0.2) is 15.1 Å². The van der Waals surface area contributed by atoms with Gasteiger partial charge in [-0.1, -0.05) is 17.7 Å². The fourth-order valence-electron chi connectivity index (χ4n) is 2.59. The van der Waals surface area contributed by atoms with Crippen molar-refractivity contribution in [1.29, 1.82) is 0 Å². The molecule has 0 radical (unpaired) electrons. The second-order valence-electron chi connectivity index (χ2n) is 4.53. The summed E-state index contributed by atoms with van der Waals surface area (Å²) in [5, 5.41) is 11.0. The zero-order valence-corrected chi connectivity index (χ0v) is 10.5. The minimum Gasteiger partial charge on any atom is -0.388 e. The molecule has 2 heterocycles. The van der Waals surface area contributed by atoms with Gasteiger partial charge in [0, 0.05) is 35.8 Å². The lowest BCUT2D eigenvalue weighted by atomic mass is 9.94. The summed E-state index contributed by atoms with van der Waals surface area (Å²) in [6.07, 6.45) is 6.25. The number of hydrogen-bond acceptors (Lipinski definition) is 3. The number of fused-ring (bicyclic) bond motifs is 1. The molecule has 1 N–H and O–H groups in total. The molecule has 0 saturated heterocycles. The predicted octanol–water partition coefficient (Wildman–Crippen LogP) is 2.89. The molecule has 2 aromatic rings. The van der Waals surface area contributed by atoms with Gasteiger partial charge in [0.1, 0.15) is 0 Å². The first-order valence-electron chi connectivity index (χ1n) is 5.98. The average Bonchev–Trinajstić information content (AvgIpc) is 2.82. The van der Waals surface area contributed by atoms with Crippen LogP contribution in [0.4, 0.5) is 0 Å².